The Morgan fingerprint density at radius 1 is 0.895 bits per heavy atom. The van der Waals surface area contributed by atoms with Gasteiger partial charge < -0.3 is 5.73 Å². The van der Waals surface area contributed by atoms with Crippen molar-refractivity contribution in [2.75, 3.05) is 5.73 Å². The summed E-state index contributed by atoms with van der Waals surface area (Å²) >= 11 is 4.38. The summed E-state index contributed by atoms with van der Waals surface area (Å²) in [5.74, 6) is 0. The first-order valence-electron chi connectivity index (χ1n) is 5.95. The molecule has 0 spiro atoms. The fourth-order valence-electron chi connectivity index (χ4n) is 1.97. The molecule has 0 aliphatic carbocycles. The minimum absolute atomic E-state index is 0.747. The van der Waals surface area contributed by atoms with Gasteiger partial charge in [0.1, 0.15) is 0 Å². The highest BCUT2D eigenvalue weighted by Crippen LogP contribution is 2.27. The average molecular weight is 267 g/mol. The first-order valence-corrected chi connectivity index (χ1v) is 6.35. The average Bonchev–Trinajstić information content (AvgIpc) is 2.83. The zero-order valence-corrected chi connectivity index (χ0v) is 11.1. The Morgan fingerprint density at radius 2 is 1.58 bits per heavy atom. The molecule has 0 aliphatic rings. The van der Waals surface area contributed by atoms with E-state index in [2.05, 4.69) is 17.9 Å². The van der Waals surface area contributed by atoms with Gasteiger partial charge in [-0.05, 0) is 31.0 Å². The van der Waals surface area contributed by atoms with Gasteiger partial charge in [0, 0.05) is 16.8 Å². The second-order valence-electron chi connectivity index (χ2n) is 4.29. The number of rotatable bonds is 2. The van der Waals surface area contributed by atoms with Gasteiger partial charge in [0.05, 0.1) is 11.4 Å². The Hall–Kier alpha value is -2.20. The van der Waals surface area contributed by atoms with E-state index < -0.39 is 0 Å². The van der Waals surface area contributed by atoms with E-state index in [1.807, 2.05) is 60.7 Å². The van der Waals surface area contributed by atoms with Crippen molar-refractivity contribution in [2.24, 2.45) is 0 Å². The van der Waals surface area contributed by atoms with Crippen molar-refractivity contribution < 1.29 is 0 Å². The highest BCUT2D eigenvalue weighted by atomic mass is 32.1. The number of nitrogen functional groups attached to an aromatic ring is 1. The van der Waals surface area contributed by atoms with Crippen molar-refractivity contribution in [3.8, 4) is 22.5 Å². The number of nitrogens with two attached hydrogens (primary N) is 1. The molecule has 0 saturated heterocycles. The molecule has 0 radical (unpaired) electrons. The summed E-state index contributed by atoms with van der Waals surface area (Å²) in [5.41, 5.74) is 10.4. The molecular weight excluding hydrogens is 254 g/mol. The number of nitrogens with zero attached hydrogens (tertiary/aromatic N) is 2. The van der Waals surface area contributed by atoms with Crippen LogP contribution in [0.3, 0.4) is 0 Å². The minimum atomic E-state index is 0.747. The third-order valence-electron chi connectivity index (χ3n) is 2.97. The van der Waals surface area contributed by atoms with Crippen molar-refractivity contribution in [1.82, 2.24) is 9.19 Å². The molecule has 0 amide bonds. The number of benzene rings is 2. The van der Waals surface area contributed by atoms with Crippen LogP contribution in [-0.4, -0.2) is 9.19 Å². The molecule has 0 atom stereocenters. The molecule has 0 fully saturated rings. The second kappa shape index (κ2) is 4.82. The number of hydrogen-bond acceptors (Lipinski definition) is 3. The zero-order chi connectivity index (χ0) is 13.2. The maximum atomic E-state index is 5.70. The highest BCUT2D eigenvalue weighted by molar-refractivity contribution is 7.78. The van der Waals surface area contributed by atoms with E-state index in [-0.39, 0.29) is 0 Å². The third-order valence-corrected chi connectivity index (χ3v) is 3.27. The second-order valence-corrected chi connectivity index (χ2v) is 4.67. The molecule has 3 rings (SSSR count). The predicted molar refractivity (Wildman–Crippen MR) is 81.9 cm³/mol. The summed E-state index contributed by atoms with van der Waals surface area (Å²) in [6.07, 6.45) is 0. The lowest BCUT2D eigenvalue weighted by atomic mass is 10.1. The molecule has 4 heteroatoms. The van der Waals surface area contributed by atoms with E-state index in [4.69, 9.17) is 5.73 Å². The molecule has 0 bridgehead atoms. The van der Waals surface area contributed by atoms with E-state index in [0.29, 0.717) is 0 Å². The summed E-state index contributed by atoms with van der Waals surface area (Å²) in [6, 6.07) is 19.7. The normalized spacial score (nSPS) is 10.6. The van der Waals surface area contributed by atoms with Crippen LogP contribution in [0.5, 0.6) is 0 Å². The van der Waals surface area contributed by atoms with Crippen LogP contribution in [0.4, 0.5) is 5.69 Å². The van der Waals surface area contributed by atoms with Crippen LogP contribution in [0.15, 0.2) is 60.7 Å². The van der Waals surface area contributed by atoms with E-state index in [9.17, 15) is 0 Å². The van der Waals surface area contributed by atoms with Gasteiger partial charge in [-0.2, -0.15) is 5.10 Å². The van der Waals surface area contributed by atoms with E-state index >= 15 is 0 Å². The SMILES string of the molecule is Nc1ccc(-c2cc(-c3ccccc3)nn2S)cc1. The predicted octanol–water partition coefficient (Wildman–Crippen LogP) is 3.49. The largest absolute Gasteiger partial charge is 0.399 e. The minimum Gasteiger partial charge on any atom is -0.399 e. The van der Waals surface area contributed by atoms with Gasteiger partial charge in [0.15, 0.2) is 0 Å². The zero-order valence-electron chi connectivity index (χ0n) is 10.2. The summed E-state index contributed by atoms with van der Waals surface area (Å²) in [6.45, 7) is 0. The molecule has 94 valence electrons. The fraction of sp³-hybridized carbons (Fsp3) is 0. The molecule has 1 aromatic heterocycles. The quantitative estimate of drug-likeness (QED) is 0.551. The van der Waals surface area contributed by atoms with E-state index in [1.165, 1.54) is 0 Å². The molecule has 0 saturated carbocycles. The van der Waals surface area contributed by atoms with E-state index in [1.54, 1.807) is 4.09 Å². The lowest BCUT2D eigenvalue weighted by molar-refractivity contribution is 1.03. The Morgan fingerprint density at radius 3 is 2.26 bits per heavy atom. The van der Waals surface area contributed by atoms with Crippen molar-refractivity contribution in [2.45, 2.75) is 0 Å². The number of hydrogen-bond donors (Lipinski definition) is 2. The maximum Gasteiger partial charge on any atom is 0.0940 e. The summed E-state index contributed by atoms with van der Waals surface area (Å²) in [4.78, 5) is 0. The van der Waals surface area contributed by atoms with Crippen LogP contribution in [0.25, 0.3) is 22.5 Å². The lowest BCUT2D eigenvalue weighted by Gasteiger charge is -2.00. The standard InChI is InChI=1S/C15H13N3S/c16-13-8-6-12(7-9-13)15-10-14(17-18(15)19)11-4-2-1-3-5-11/h1-10,19H,16H2. The molecule has 0 aliphatic heterocycles. The summed E-state index contributed by atoms with van der Waals surface area (Å²) in [5, 5.41) is 4.43. The summed E-state index contributed by atoms with van der Waals surface area (Å²) in [7, 11) is 0. The van der Waals surface area contributed by atoms with Crippen LogP contribution in [0.1, 0.15) is 0 Å². The lowest BCUT2D eigenvalue weighted by Crippen LogP contribution is -1.88. The van der Waals surface area contributed by atoms with Crippen molar-refractivity contribution in [3.63, 3.8) is 0 Å². The van der Waals surface area contributed by atoms with Crippen molar-refractivity contribution in [1.29, 1.82) is 0 Å². The Bertz CT molecular complexity index is 687. The molecule has 3 aromatic rings. The van der Waals surface area contributed by atoms with Gasteiger partial charge >= 0.3 is 0 Å². The molecule has 0 unspecified atom stereocenters. The van der Waals surface area contributed by atoms with Crippen LogP contribution in [0, 0.1) is 0 Å². The Balaban J connectivity index is 2.05. The number of thiol groups is 1. The van der Waals surface area contributed by atoms with Gasteiger partial charge in [-0.1, -0.05) is 42.5 Å². The van der Waals surface area contributed by atoms with Crippen molar-refractivity contribution >= 4 is 18.5 Å². The Kier molecular flexibility index (Phi) is 3.01. The first kappa shape index (κ1) is 11.9. The smallest absolute Gasteiger partial charge is 0.0940 e. The number of anilines is 1. The van der Waals surface area contributed by atoms with Gasteiger partial charge in [0.2, 0.25) is 0 Å². The monoisotopic (exact) mass is 267 g/mol. The topological polar surface area (TPSA) is 43.8 Å². The van der Waals surface area contributed by atoms with Crippen LogP contribution in [-0.2, 0) is 0 Å². The molecule has 2 aromatic carbocycles. The van der Waals surface area contributed by atoms with E-state index in [0.717, 1.165) is 28.2 Å². The van der Waals surface area contributed by atoms with Gasteiger partial charge in [-0.3, -0.25) is 0 Å². The van der Waals surface area contributed by atoms with Gasteiger partial charge in [0.25, 0.3) is 0 Å². The molecular formula is C15H13N3S. The molecule has 19 heavy (non-hydrogen) atoms. The fourth-order valence-corrected chi connectivity index (χ4v) is 2.24. The maximum absolute atomic E-state index is 5.70. The van der Waals surface area contributed by atoms with Gasteiger partial charge in [-0.15, -0.1) is 0 Å². The first-order chi connectivity index (χ1) is 9.24. The number of aromatic nitrogens is 2. The van der Waals surface area contributed by atoms with Gasteiger partial charge in [-0.25, -0.2) is 4.09 Å². The van der Waals surface area contributed by atoms with Crippen LogP contribution in [0.2, 0.25) is 0 Å². The molecule has 1 heterocycles. The van der Waals surface area contributed by atoms with Crippen LogP contribution < -0.4 is 5.73 Å². The van der Waals surface area contributed by atoms with Crippen molar-refractivity contribution in [3.05, 3.63) is 60.7 Å². The van der Waals surface area contributed by atoms with Crippen LogP contribution >= 0.6 is 12.8 Å². The highest BCUT2D eigenvalue weighted by Gasteiger charge is 2.09. The molecule has 3 nitrogen and oxygen atoms in total. The molecule has 2 N–H and O–H groups in total. The summed E-state index contributed by atoms with van der Waals surface area (Å²) < 4.78 is 1.59. The Labute approximate surface area is 117 Å². The third kappa shape index (κ3) is 2.35.